The molecule has 1 atom stereocenters. The summed E-state index contributed by atoms with van der Waals surface area (Å²) in [5, 5.41) is 2.72. The number of fused-ring (bicyclic) bond motifs is 2. The Hall–Kier alpha value is -2.42. The zero-order valence-electron chi connectivity index (χ0n) is 16.8. The quantitative estimate of drug-likeness (QED) is 0.744. The topological polar surface area (TPSA) is 108 Å². The number of nitrogens with zero attached hydrogens (tertiary/aromatic N) is 3. The monoisotopic (exact) mass is 391 g/mol. The van der Waals surface area contributed by atoms with Crippen molar-refractivity contribution in [3.63, 3.8) is 0 Å². The van der Waals surface area contributed by atoms with Gasteiger partial charge in [0.2, 0.25) is 17.7 Å². The van der Waals surface area contributed by atoms with Crippen LogP contribution in [0.15, 0.2) is 6.33 Å². The van der Waals surface area contributed by atoms with E-state index >= 15 is 0 Å². The number of H-pyrrole nitrogens is 1. The van der Waals surface area contributed by atoms with Crippen molar-refractivity contribution < 1.29 is 19.1 Å². The van der Waals surface area contributed by atoms with Crippen molar-refractivity contribution in [2.75, 3.05) is 33.4 Å². The van der Waals surface area contributed by atoms with E-state index in [0.717, 1.165) is 17.8 Å². The van der Waals surface area contributed by atoms with Crippen molar-refractivity contribution >= 4 is 17.7 Å². The molecule has 2 aliphatic heterocycles. The summed E-state index contributed by atoms with van der Waals surface area (Å²) in [5.41, 5.74) is 1.45. The number of amides is 3. The minimum atomic E-state index is -0.518. The third-order valence-electron chi connectivity index (χ3n) is 5.82. The largest absolute Gasteiger partial charge is 0.375 e. The molecule has 0 unspecified atom stereocenters. The summed E-state index contributed by atoms with van der Waals surface area (Å²) < 4.78 is 5.08. The van der Waals surface area contributed by atoms with Crippen molar-refractivity contribution in [2.24, 2.45) is 0 Å². The maximum absolute atomic E-state index is 12.8. The van der Waals surface area contributed by atoms with Crippen LogP contribution in [-0.4, -0.2) is 76.9 Å². The number of imidazole rings is 1. The van der Waals surface area contributed by atoms with Crippen molar-refractivity contribution in [2.45, 2.75) is 51.1 Å². The van der Waals surface area contributed by atoms with Crippen LogP contribution in [0, 0.1) is 0 Å². The number of carbonyl (C=O) groups is 3. The molecule has 0 aromatic carbocycles. The maximum Gasteiger partial charge on any atom is 0.249 e. The minimum absolute atomic E-state index is 0.0323. The van der Waals surface area contributed by atoms with E-state index in [1.165, 1.54) is 14.0 Å². The highest BCUT2D eigenvalue weighted by Gasteiger charge is 2.49. The smallest absolute Gasteiger partial charge is 0.249 e. The Morgan fingerprint density at radius 1 is 1.32 bits per heavy atom. The van der Waals surface area contributed by atoms with Gasteiger partial charge >= 0.3 is 0 Å². The molecule has 28 heavy (non-hydrogen) atoms. The second-order valence-electron chi connectivity index (χ2n) is 7.48. The van der Waals surface area contributed by atoms with Gasteiger partial charge in [-0.2, -0.15) is 0 Å². The molecule has 0 radical (unpaired) electrons. The van der Waals surface area contributed by atoms with Gasteiger partial charge in [0, 0.05) is 45.8 Å². The summed E-state index contributed by atoms with van der Waals surface area (Å²) >= 11 is 0. The van der Waals surface area contributed by atoms with Crippen molar-refractivity contribution in [3.05, 3.63) is 17.7 Å². The fourth-order valence-electron chi connectivity index (χ4n) is 4.45. The normalized spacial score (nSPS) is 19.2. The fourth-order valence-corrected chi connectivity index (χ4v) is 4.45. The molecule has 2 N–H and O–H groups in total. The standard InChI is InChI=1S/C19H29N5O4/c1-4-14(22-13(2)25)18(27)23-9-6-19(7-10-23)17-15(20-12-21-17)5-8-24(19)16(26)11-28-3/h12,14H,4-11H2,1-3H3,(H,20,21)(H,22,25)/t14-/m1/s1. The zero-order chi connectivity index (χ0) is 20.3. The number of carbonyl (C=O) groups excluding carboxylic acids is 3. The van der Waals surface area contributed by atoms with Gasteiger partial charge in [0.25, 0.3) is 0 Å². The third-order valence-corrected chi connectivity index (χ3v) is 5.82. The first kappa shape index (κ1) is 20.3. The summed E-state index contributed by atoms with van der Waals surface area (Å²) in [5.74, 6) is -0.334. The minimum Gasteiger partial charge on any atom is -0.375 e. The van der Waals surface area contributed by atoms with Crippen LogP contribution in [0.2, 0.25) is 0 Å². The van der Waals surface area contributed by atoms with Crippen molar-refractivity contribution in [1.29, 1.82) is 0 Å². The van der Waals surface area contributed by atoms with E-state index < -0.39 is 11.6 Å². The number of hydrogen-bond acceptors (Lipinski definition) is 5. The summed E-state index contributed by atoms with van der Waals surface area (Å²) in [4.78, 5) is 48.3. The first-order chi connectivity index (χ1) is 13.4. The predicted molar refractivity (Wildman–Crippen MR) is 101 cm³/mol. The highest BCUT2D eigenvalue weighted by Crippen LogP contribution is 2.42. The molecule has 3 rings (SSSR count). The lowest BCUT2D eigenvalue weighted by molar-refractivity contribution is -0.148. The maximum atomic E-state index is 12.8. The molecule has 0 aliphatic carbocycles. The van der Waals surface area contributed by atoms with Crippen LogP contribution in [0.3, 0.4) is 0 Å². The SMILES string of the molecule is CC[C@@H](NC(C)=O)C(=O)N1CCC2(CC1)c1nc[nH]c1CCN2C(=O)COC. The molecule has 3 heterocycles. The molecule has 9 heteroatoms. The Labute approximate surface area is 164 Å². The van der Waals surface area contributed by atoms with Gasteiger partial charge in [-0.3, -0.25) is 14.4 Å². The first-order valence-corrected chi connectivity index (χ1v) is 9.81. The summed E-state index contributed by atoms with van der Waals surface area (Å²) in [6.07, 6.45) is 4.18. The molecule has 9 nitrogen and oxygen atoms in total. The number of rotatable bonds is 5. The number of piperidine rings is 1. The van der Waals surface area contributed by atoms with Gasteiger partial charge in [-0.25, -0.2) is 4.98 Å². The number of aromatic nitrogens is 2. The summed E-state index contributed by atoms with van der Waals surface area (Å²) in [6, 6.07) is -0.509. The molecule has 2 aliphatic rings. The molecule has 3 amide bonds. The first-order valence-electron chi connectivity index (χ1n) is 9.81. The van der Waals surface area contributed by atoms with Crippen molar-refractivity contribution in [1.82, 2.24) is 25.1 Å². The van der Waals surface area contributed by atoms with E-state index in [1.54, 1.807) is 11.2 Å². The van der Waals surface area contributed by atoms with Crippen LogP contribution in [-0.2, 0) is 31.1 Å². The number of likely N-dealkylation sites (tertiary alicyclic amines) is 1. The number of hydrogen-bond donors (Lipinski definition) is 2. The van der Waals surface area contributed by atoms with Gasteiger partial charge in [-0.1, -0.05) is 6.92 Å². The Bertz CT molecular complexity index is 738. The van der Waals surface area contributed by atoms with Crippen LogP contribution in [0.4, 0.5) is 0 Å². The van der Waals surface area contributed by atoms with Crippen molar-refractivity contribution in [3.8, 4) is 0 Å². The summed E-state index contributed by atoms with van der Waals surface area (Å²) in [6.45, 7) is 4.96. The number of methoxy groups -OCH3 is 1. The Morgan fingerprint density at radius 2 is 2.04 bits per heavy atom. The molecular weight excluding hydrogens is 362 g/mol. The van der Waals surface area contributed by atoms with Crippen LogP contribution in [0.5, 0.6) is 0 Å². The second-order valence-corrected chi connectivity index (χ2v) is 7.48. The molecule has 1 saturated heterocycles. The molecular formula is C19H29N5O4. The van der Waals surface area contributed by atoms with Gasteiger partial charge in [-0.15, -0.1) is 0 Å². The van der Waals surface area contributed by atoms with E-state index in [1.807, 2.05) is 11.8 Å². The molecule has 154 valence electrons. The van der Waals surface area contributed by atoms with Gasteiger partial charge < -0.3 is 24.8 Å². The van der Waals surface area contributed by atoms with E-state index in [-0.39, 0.29) is 24.3 Å². The van der Waals surface area contributed by atoms with E-state index in [2.05, 4.69) is 15.3 Å². The van der Waals surface area contributed by atoms with Crippen LogP contribution in [0.1, 0.15) is 44.5 Å². The lowest BCUT2D eigenvalue weighted by atomic mass is 9.78. The van der Waals surface area contributed by atoms with Crippen LogP contribution in [0.25, 0.3) is 0 Å². The number of ether oxygens (including phenoxy) is 1. The Kier molecular flexibility index (Phi) is 6.02. The molecule has 0 bridgehead atoms. The van der Waals surface area contributed by atoms with Gasteiger partial charge in [0.05, 0.1) is 17.6 Å². The molecule has 0 saturated carbocycles. The van der Waals surface area contributed by atoms with Crippen LogP contribution < -0.4 is 5.32 Å². The highest BCUT2D eigenvalue weighted by molar-refractivity contribution is 5.87. The van der Waals surface area contributed by atoms with Gasteiger partial charge in [0.1, 0.15) is 12.6 Å². The lowest BCUT2D eigenvalue weighted by Gasteiger charge is -2.50. The summed E-state index contributed by atoms with van der Waals surface area (Å²) in [7, 11) is 1.52. The Balaban J connectivity index is 1.80. The van der Waals surface area contributed by atoms with Crippen LogP contribution >= 0.6 is 0 Å². The van der Waals surface area contributed by atoms with E-state index in [4.69, 9.17) is 4.74 Å². The fraction of sp³-hybridized carbons (Fsp3) is 0.684. The molecule has 1 aromatic rings. The lowest BCUT2D eigenvalue weighted by Crippen LogP contribution is -2.60. The Morgan fingerprint density at radius 3 is 2.64 bits per heavy atom. The zero-order valence-corrected chi connectivity index (χ0v) is 16.8. The van der Waals surface area contributed by atoms with Gasteiger partial charge in [-0.05, 0) is 19.3 Å². The third kappa shape index (κ3) is 3.63. The molecule has 1 spiro atoms. The van der Waals surface area contributed by atoms with E-state index in [0.29, 0.717) is 38.9 Å². The average Bonchev–Trinajstić information content (AvgIpc) is 3.16. The molecule has 1 fully saturated rings. The molecule has 1 aromatic heterocycles. The predicted octanol–water partition coefficient (Wildman–Crippen LogP) is 0.173. The number of aromatic amines is 1. The highest BCUT2D eigenvalue weighted by atomic mass is 16.5. The number of nitrogens with one attached hydrogen (secondary N) is 2. The van der Waals surface area contributed by atoms with Gasteiger partial charge in [0.15, 0.2) is 0 Å². The average molecular weight is 391 g/mol. The van der Waals surface area contributed by atoms with E-state index in [9.17, 15) is 14.4 Å². The second kappa shape index (κ2) is 8.30.